The highest BCUT2D eigenvalue weighted by atomic mass is 19.1. The van der Waals surface area contributed by atoms with Crippen LogP contribution in [0.5, 0.6) is 0 Å². The normalized spacial score (nSPS) is 15.7. The second-order valence-electron chi connectivity index (χ2n) is 11.0. The number of nitrogens with zero attached hydrogens (tertiary/aromatic N) is 3. The molecule has 1 atom stereocenters. The number of carbonyl (C=O) groups excluding carboxylic acids is 3. The number of amides is 4. The van der Waals surface area contributed by atoms with Gasteiger partial charge in [-0.1, -0.05) is 42.5 Å². The average molecular weight is 618 g/mol. The van der Waals surface area contributed by atoms with Crippen molar-refractivity contribution in [3.05, 3.63) is 95.3 Å². The number of halogens is 1. The quantitative estimate of drug-likeness (QED) is 0.335. The van der Waals surface area contributed by atoms with Crippen molar-refractivity contribution in [2.24, 2.45) is 0 Å². The summed E-state index contributed by atoms with van der Waals surface area (Å²) in [5.74, 6) is -2.41. The summed E-state index contributed by atoms with van der Waals surface area (Å²) in [5, 5.41) is 15.1. The highest BCUT2D eigenvalue weighted by Gasteiger charge is 2.28. The van der Waals surface area contributed by atoms with Gasteiger partial charge in [0.1, 0.15) is 5.82 Å². The Bertz CT molecular complexity index is 1510. The van der Waals surface area contributed by atoms with Crippen molar-refractivity contribution in [2.75, 3.05) is 62.7 Å². The molecule has 0 aromatic heterocycles. The Labute approximate surface area is 260 Å². The number of anilines is 2. The molecular weight excluding hydrogens is 581 g/mol. The maximum Gasteiger partial charge on any atom is 0.320 e. The molecule has 0 bridgehead atoms. The molecule has 3 N–H and O–H groups in total. The van der Waals surface area contributed by atoms with E-state index in [2.05, 4.69) is 15.5 Å². The van der Waals surface area contributed by atoms with Crippen LogP contribution >= 0.6 is 0 Å². The standard InChI is InChI=1S/C33H36FN5O6/c34-26-9-6-24(7-10-26)27(22-31(41)42)36-32(43)25-8-11-29(28(21-25)35-30(40)20-23-4-2-1-3-5-23)37-12-14-38(15-13-37)33(44)39-16-18-45-19-17-39/h1-11,21,27H,12-20,22H2,(H,35,40)(H,36,43)(H,41,42). The van der Waals surface area contributed by atoms with Crippen LogP contribution in [-0.2, 0) is 20.7 Å². The van der Waals surface area contributed by atoms with E-state index in [0.29, 0.717) is 69.4 Å². The number of carboxylic acid groups (broad SMARTS) is 1. The van der Waals surface area contributed by atoms with E-state index in [1.54, 1.807) is 23.1 Å². The van der Waals surface area contributed by atoms with Crippen LogP contribution in [0.2, 0.25) is 0 Å². The van der Waals surface area contributed by atoms with Crippen molar-refractivity contribution < 1.29 is 33.4 Å². The van der Waals surface area contributed by atoms with Crippen molar-refractivity contribution >= 4 is 35.2 Å². The predicted octanol–water partition coefficient (Wildman–Crippen LogP) is 3.53. The fraction of sp³-hybridized carbons (Fsp3) is 0.333. The molecule has 0 spiro atoms. The molecule has 0 saturated carbocycles. The van der Waals surface area contributed by atoms with Crippen molar-refractivity contribution in [1.82, 2.24) is 15.1 Å². The van der Waals surface area contributed by atoms with Gasteiger partial charge in [-0.05, 0) is 41.5 Å². The Morgan fingerprint density at radius 2 is 1.51 bits per heavy atom. The molecular formula is C33H36FN5O6. The van der Waals surface area contributed by atoms with E-state index in [1.165, 1.54) is 24.3 Å². The first-order valence-corrected chi connectivity index (χ1v) is 14.9. The van der Waals surface area contributed by atoms with Crippen molar-refractivity contribution in [1.29, 1.82) is 0 Å². The molecule has 4 amide bonds. The minimum absolute atomic E-state index is 0.0153. The molecule has 1 unspecified atom stereocenters. The second kappa shape index (κ2) is 14.7. The molecule has 45 heavy (non-hydrogen) atoms. The third-order valence-corrected chi connectivity index (χ3v) is 7.87. The largest absolute Gasteiger partial charge is 0.481 e. The third-order valence-electron chi connectivity index (χ3n) is 7.87. The van der Waals surface area contributed by atoms with E-state index in [0.717, 1.165) is 5.56 Å². The summed E-state index contributed by atoms with van der Waals surface area (Å²) in [7, 11) is 0. The zero-order valence-electron chi connectivity index (χ0n) is 24.8. The zero-order chi connectivity index (χ0) is 31.8. The molecule has 0 radical (unpaired) electrons. The second-order valence-corrected chi connectivity index (χ2v) is 11.0. The molecule has 2 saturated heterocycles. The zero-order valence-corrected chi connectivity index (χ0v) is 24.8. The van der Waals surface area contributed by atoms with Gasteiger partial charge in [0.05, 0.1) is 43.5 Å². The molecule has 236 valence electrons. The monoisotopic (exact) mass is 617 g/mol. The SMILES string of the molecule is O=C(O)CC(NC(=O)c1ccc(N2CCN(C(=O)N3CCOCC3)CC2)c(NC(=O)Cc2ccccc2)c1)c1ccc(F)cc1. The summed E-state index contributed by atoms with van der Waals surface area (Å²) < 4.78 is 18.9. The lowest BCUT2D eigenvalue weighted by atomic mass is 10.0. The van der Waals surface area contributed by atoms with Crippen LogP contribution in [0.3, 0.4) is 0 Å². The van der Waals surface area contributed by atoms with Gasteiger partial charge < -0.3 is 35.2 Å². The van der Waals surface area contributed by atoms with E-state index in [1.807, 2.05) is 35.2 Å². The molecule has 3 aromatic carbocycles. The summed E-state index contributed by atoms with van der Waals surface area (Å²) in [5.41, 5.74) is 2.62. The highest BCUT2D eigenvalue weighted by molar-refractivity contribution is 6.00. The fourth-order valence-corrected chi connectivity index (χ4v) is 5.49. The minimum Gasteiger partial charge on any atom is -0.481 e. The lowest BCUT2D eigenvalue weighted by Crippen LogP contribution is -2.54. The fourth-order valence-electron chi connectivity index (χ4n) is 5.49. The lowest BCUT2D eigenvalue weighted by molar-refractivity contribution is -0.137. The first-order valence-electron chi connectivity index (χ1n) is 14.9. The number of benzene rings is 3. The summed E-state index contributed by atoms with van der Waals surface area (Å²) in [4.78, 5) is 56.8. The van der Waals surface area contributed by atoms with Gasteiger partial charge in [-0.25, -0.2) is 9.18 Å². The van der Waals surface area contributed by atoms with Gasteiger partial charge in [0, 0.05) is 44.8 Å². The van der Waals surface area contributed by atoms with E-state index < -0.39 is 30.2 Å². The molecule has 0 aliphatic carbocycles. The molecule has 2 fully saturated rings. The smallest absolute Gasteiger partial charge is 0.320 e. The Balaban J connectivity index is 1.35. The number of piperazine rings is 1. The summed E-state index contributed by atoms with van der Waals surface area (Å²) in [6, 6.07) is 18.6. The van der Waals surface area contributed by atoms with Crippen LogP contribution in [0, 0.1) is 5.82 Å². The molecule has 2 aliphatic rings. The Morgan fingerprint density at radius 3 is 2.18 bits per heavy atom. The molecule has 12 heteroatoms. The molecule has 2 heterocycles. The number of rotatable bonds is 9. The van der Waals surface area contributed by atoms with Crippen LogP contribution in [0.25, 0.3) is 0 Å². The summed E-state index contributed by atoms with van der Waals surface area (Å²) in [6.45, 7) is 4.21. The number of morpholine rings is 1. The van der Waals surface area contributed by atoms with E-state index in [9.17, 15) is 28.7 Å². The maximum atomic E-state index is 13.5. The summed E-state index contributed by atoms with van der Waals surface area (Å²) in [6.07, 6.45) is -0.270. The van der Waals surface area contributed by atoms with Crippen molar-refractivity contribution in [3.63, 3.8) is 0 Å². The van der Waals surface area contributed by atoms with Gasteiger partial charge in [-0.3, -0.25) is 14.4 Å². The van der Waals surface area contributed by atoms with Crippen LogP contribution in [-0.4, -0.2) is 91.2 Å². The lowest BCUT2D eigenvalue weighted by Gasteiger charge is -2.39. The average Bonchev–Trinajstić information content (AvgIpc) is 3.05. The first kappa shape index (κ1) is 31.5. The van der Waals surface area contributed by atoms with Crippen molar-refractivity contribution in [3.8, 4) is 0 Å². The minimum atomic E-state index is -1.12. The van der Waals surface area contributed by atoms with E-state index >= 15 is 0 Å². The molecule has 5 rings (SSSR count). The van der Waals surface area contributed by atoms with Gasteiger partial charge in [0.2, 0.25) is 5.91 Å². The number of hydrogen-bond donors (Lipinski definition) is 3. The third kappa shape index (κ3) is 8.36. The number of ether oxygens (including phenoxy) is 1. The van der Waals surface area contributed by atoms with Gasteiger partial charge in [0.25, 0.3) is 5.91 Å². The first-order chi connectivity index (χ1) is 21.8. The van der Waals surface area contributed by atoms with Crippen molar-refractivity contribution in [2.45, 2.75) is 18.9 Å². The Morgan fingerprint density at radius 1 is 0.844 bits per heavy atom. The summed E-state index contributed by atoms with van der Waals surface area (Å²) >= 11 is 0. The van der Waals surface area contributed by atoms with E-state index in [-0.39, 0.29) is 23.9 Å². The Hall–Kier alpha value is -4.97. The Kier molecular flexibility index (Phi) is 10.3. The topological polar surface area (TPSA) is 132 Å². The van der Waals surface area contributed by atoms with Gasteiger partial charge >= 0.3 is 12.0 Å². The van der Waals surface area contributed by atoms with Crippen LogP contribution in [0.1, 0.15) is 33.9 Å². The number of hydrogen-bond acceptors (Lipinski definition) is 6. The van der Waals surface area contributed by atoms with Gasteiger partial charge in [-0.15, -0.1) is 0 Å². The molecule has 2 aliphatic heterocycles. The molecule has 3 aromatic rings. The number of aliphatic carboxylic acids is 1. The highest BCUT2D eigenvalue weighted by Crippen LogP contribution is 2.30. The number of urea groups is 1. The van der Waals surface area contributed by atoms with Crippen LogP contribution in [0.4, 0.5) is 20.6 Å². The maximum absolute atomic E-state index is 13.5. The number of carboxylic acids is 1. The predicted molar refractivity (Wildman–Crippen MR) is 166 cm³/mol. The van der Waals surface area contributed by atoms with Crippen LogP contribution < -0.4 is 15.5 Å². The van der Waals surface area contributed by atoms with E-state index in [4.69, 9.17) is 4.74 Å². The van der Waals surface area contributed by atoms with Gasteiger partial charge in [-0.2, -0.15) is 0 Å². The number of carbonyl (C=O) groups is 4. The number of nitrogens with one attached hydrogen (secondary N) is 2. The van der Waals surface area contributed by atoms with Gasteiger partial charge in [0.15, 0.2) is 0 Å². The molecule has 11 nitrogen and oxygen atoms in total. The van der Waals surface area contributed by atoms with Crippen LogP contribution in [0.15, 0.2) is 72.8 Å².